The zero-order valence-corrected chi connectivity index (χ0v) is 11.3. The Morgan fingerprint density at radius 3 is 2.60 bits per heavy atom. The maximum Gasteiger partial charge on any atom is 0.311 e. The standard InChI is InChI=1S/C15H17FO4/c1-3-11(2)19-14(17)9-6-10-15(18)20-13-8-5-4-7-12(13)16/h3-5,7-8,11H,1,6,9-10H2,2H3. The van der Waals surface area contributed by atoms with Gasteiger partial charge in [0.25, 0.3) is 0 Å². The lowest BCUT2D eigenvalue weighted by atomic mass is 10.2. The van der Waals surface area contributed by atoms with Crippen molar-refractivity contribution in [2.24, 2.45) is 0 Å². The quantitative estimate of drug-likeness (QED) is 0.437. The summed E-state index contributed by atoms with van der Waals surface area (Å²) >= 11 is 0. The van der Waals surface area contributed by atoms with Gasteiger partial charge in [0.05, 0.1) is 0 Å². The normalized spacial score (nSPS) is 11.5. The maximum absolute atomic E-state index is 13.2. The van der Waals surface area contributed by atoms with E-state index in [9.17, 15) is 14.0 Å². The number of carbonyl (C=O) groups is 2. The van der Waals surface area contributed by atoms with Crippen LogP contribution in [0.5, 0.6) is 5.75 Å². The number of hydrogen-bond donors (Lipinski definition) is 0. The van der Waals surface area contributed by atoms with Gasteiger partial charge in [0.1, 0.15) is 6.10 Å². The summed E-state index contributed by atoms with van der Waals surface area (Å²) in [6.07, 6.45) is 1.56. The predicted molar refractivity (Wildman–Crippen MR) is 71.6 cm³/mol. The summed E-state index contributed by atoms with van der Waals surface area (Å²) in [6, 6.07) is 5.65. The number of para-hydroxylation sites is 1. The summed E-state index contributed by atoms with van der Waals surface area (Å²) in [5, 5.41) is 0. The molecular weight excluding hydrogens is 263 g/mol. The van der Waals surface area contributed by atoms with Gasteiger partial charge in [-0.15, -0.1) is 0 Å². The van der Waals surface area contributed by atoms with Gasteiger partial charge in [-0.1, -0.05) is 24.8 Å². The number of rotatable bonds is 7. The summed E-state index contributed by atoms with van der Waals surface area (Å²) in [4.78, 5) is 22.8. The molecule has 5 heteroatoms. The average Bonchev–Trinajstić information content (AvgIpc) is 2.41. The van der Waals surface area contributed by atoms with Crippen molar-refractivity contribution in [3.05, 3.63) is 42.7 Å². The van der Waals surface area contributed by atoms with Gasteiger partial charge in [-0.05, 0) is 25.5 Å². The third-order valence-electron chi connectivity index (χ3n) is 2.47. The van der Waals surface area contributed by atoms with E-state index in [0.717, 1.165) is 0 Å². The van der Waals surface area contributed by atoms with Crippen LogP contribution >= 0.6 is 0 Å². The van der Waals surface area contributed by atoms with E-state index in [2.05, 4.69) is 6.58 Å². The van der Waals surface area contributed by atoms with Gasteiger partial charge in [0, 0.05) is 12.8 Å². The molecule has 1 atom stereocenters. The highest BCUT2D eigenvalue weighted by Gasteiger charge is 2.11. The van der Waals surface area contributed by atoms with Crippen LogP contribution in [0.25, 0.3) is 0 Å². The van der Waals surface area contributed by atoms with Crippen molar-refractivity contribution in [2.45, 2.75) is 32.3 Å². The minimum absolute atomic E-state index is 0.0197. The van der Waals surface area contributed by atoms with Crippen LogP contribution < -0.4 is 4.74 Å². The molecule has 0 bridgehead atoms. The second kappa shape index (κ2) is 8.09. The summed E-state index contributed by atoms with van der Waals surface area (Å²) in [5.41, 5.74) is 0. The third kappa shape index (κ3) is 5.65. The van der Waals surface area contributed by atoms with Crippen LogP contribution in [-0.2, 0) is 14.3 Å². The van der Waals surface area contributed by atoms with Crippen molar-refractivity contribution in [1.29, 1.82) is 0 Å². The van der Waals surface area contributed by atoms with Crippen LogP contribution in [0.1, 0.15) is 26.2 Å². The van der Waals surface area contributed by atoms with Crippen LogP contribution in [0.2, 0.25) is 0 Å². The Bertz CT molecular complexity index is 485. The minimum atomic E-state index is -0.597. The lowest BCUT2D eigenvalue weighted by molar-refractivity contribution is -0.146. The van der Waals surface area contributed by atoms with Crippen LogP contribution in [0.3, 0.4) is 0 Å². The molecule has 0 saturated heterocycles. The highest BCUT2D eigenvalue weighted by Crippen LogP contribution is 2.16. The first-order chi connectivity index (χ1) is 9.52. The van der Waals surface area contributed by atoms with E-state index in [0.29, 0.717) is 0 Å². The fourth-order valence-corrected chi connectivity index (χ4v) is 1.39. The zero-order valence-electron chi connectivity index (χ0n) is 11.3. The molecule has 0 spiro atoms. The topological polar surface area (TPSA) is 52.6 Å². The summed E-state index contributed by atoms with van der Waals surface area (Å²) in [7, 11) is 0. The van der Waals surface area contributed by atoms with Crippen molar-refractivity contribution >= 4 is 11.9 Å². The summed E-state index contributed by atoms with van der Waals surface area (Å²) < 4.78 is 23.0. The fourth-order valence-electron chi connectivity index (χ4n) is 1.39. The molecule has 1 aromatic carbocycles. The van der Waals surface area contributed by atoms with E-state index in [1.54, 1.807) is 13.0 Å². The van der Waals surface area contributed by atoms with E-state index >= 15 is 0 Å². The Kier molecular flexibility index (Phi) is 6.43. The zero-order chi connectivity index (χ0) is 15.0. The summed E-state index contributed by atoms with van der Waals surface area (Å²) in [6.45, 7) is 5.18. The molecule has 0 saturated carbocycles. The SMILES string of the molecule is C=CC(C)OC(=O)CCCC(=O)Oc1ccccc1F. The molecule has 0 aliphatic heterocycles. The number of benzene rings is 1. The Labute approximate surface area is 117 Å². The smallest absolute Gasteiger partial charge is 0.311 e. The van der Waals surface area contributed by atoms with E-state index in [-0.39, 0.29) is 31.1 Å². The Morgan fingerprint density at radius 1 is 1.30 bits per heavy atom. The molecule has 1 unspecified atom stereocenters. The fraction of sp³-hybridized carbons (Fsp3) is 0.333. The number of esters is 2. The number of ether oxygens (including phenoxy) is 2. The monoisotopic (exact) mass is 280 g/mol. The van der Waals surface area contributed by atoms with Crippen LogP contribution in [0.4, 0.5) is 4.39 Å². The van der Waals surface area contributed by atoms with Crippen molar-refractivity contribution in [1.82, 2.24) is 0 Å². The van der Waals surface area contributed by atoms with E-state index in [1.165, 1.54) is 24.3 Å². The molecule has 0 aliphatic rings. The minimum Gasteiger partial charge on any atom is -0.458 e. The van der Waals surface area contributed by atoms with Crippen LogP contribution in [0, 0.1) is 5.82 Å². The summed E-state index contributed by atoms with van der Waals surface area (Å²) in [5.74, 6) is -1.70. The van der Waals surface area contributed by atoms with Crippen LogP contribution in [-0.4, -0.2) is 18.0 Å². The van der Waals surface area contributed by atoms with E-state index in [1.807, 2.05) is 0 Å². The molecule has 20 heavy (non-hydrogen) atoms. The molecule has 0 aromatic heterocycles. The molecule has 108 valence electrons. The van der Waals surface area contributed by atoms with Crippen molar-refractivity contribution < 1.29 is 23.5 Å². The van der Waals surface area contributed by atoms with Crippen molar-refractivity contribution in [2.75, 3.05) is 0 Å². The molecule has 0 amide bonds. The second-order valence-electron chi connectivity index (χ2n) is 4.19. The molecule has 1 aromatic rings. The molecule has 0 fully saturated rings. The first kappa shape index (κ1) is 15.9. The van der Waals surface area contributed by atoms with Gasteiger partial charge in [-0.2, -0.15) is 0 Å². The molecule has 1 rings (SSSR count). The molecule has 0 aliphatic carbocycles. The Balaban J connectivity index is 2.29. The second-order valence-corrected chi connectivity index (χ2v) is 4.19. The highest BCUT2D eigenvalue weighted by atomic mass is 19.1. The molecule has 0 radical (unpaired) electrons. The van der Waals surface area contributed by atoms with E-state index in [4.69, 9.17) is 9.47 Å². The van der Waals surface area contributed by atoms with Crippen LogP contribution in [0.15, 0.2) is 36.9 Å². The first-order valence-electron chi connectivity index (χ1n) is 6.30. The van der Waals surface area contributed by atoms with Gasteiger partial charge < -0.3 is 9.47 Å². The predicted octanol–water partition coefficient (Wildman–Crippen LogP) is 3.02. The highest BCUT2D eigenvalue weighted by molar-refractivity contribution is 5.74. The van der Waals surface area contributed by atoms with Gasteiger partial charge in [0.2, 0.25) is 0 Å². The maximum atomic E-state index is 13.2. The van der Waals surface area contributed by atoms with Gasteiger partial charge >= 0.3 is 11.9 Å². The lowest BCUT2D eigenvalue weighted by Crippen LogP contribution is -2.14. The average molecular weight is 280 g/mol. The Morgan fingerprint density at radius 2 is 1.95 bits per heavy atom. The lowest BCUT2D eigenvalue weighted by Gasteiger charge is -2.08. The van der Waals surface area contributed by atoms with Gasteiger partial charge in [0.15, 0.2) is 11.6 Å². The molecule has 4 nitrogen and oxygen atoms in total. The largest absolute Gasteiger partial charge is 0.458 e. The third-order valence-corrected chi connectivity index (χ3v) is 2.47. The first-order valence-corrected chi connectivity index (χ1v) is 6.30. The number of halogens is 1. The van der Waals surface area contributed by atoms with Gasteiger partial charge in [-0.25, -0.2) is 4.39 Å². The van der Waals surface area contributed by atoms with Crippen molar-refractivity contribution in [3.63, 3.8) is 0 Å². The van der Waals surface area contributed by atoms with Gasteiger partial charge in [-0.3, -0.25) is 9.59 Å². The Hall–Kier alpha value is -2.17. The van der Waals surface area contributed by atoms with Crippen molar-refractivity contribution in [3.8, 4) is 5.75 Å². The number of hydrogen-bond acceptors (Lipinski definition) is 4. The molecular formula is C15H17FO4. The molecule has 0 N–H and O–H groups in total. The van der Waals surface area contributed by atoms with E-state index < -0.39 is 17.8 Å². The number of carbonyl (C=O) groups excluding carboxylic acids is 2. The molecule has 0 heterocycles.